The number of hydrogen-bond acceptors (Lipinski definition) is 3. The van der Waals surface area contributed by atoms with Gasteiger partial charge in [0.15, 0.2) is 0 Å². The fourth-order valence-electron chi connectivity index (χ4n) is 1.69. The number of rotatable bonds is 5. The molecular weight excluding hydrogens is 367 g/mol. The van der Waals surface area contributed by atoms with Gasteiger partial charge in [-0.2, -0.15) is 0 Å². The minimum Gasteiger partial charge on any atom is -0.489 e. The summed E-state index contributed by atoms with van der Waals surface area (Å²) in [5, 5.41) is 0. The fourth-order valence-corrected chi connectivity index (χ4v) is 2.05. The van der Waals surface area contributed by atoms with Crippen molar-refractivity contribution in [1.82, 2.24) is 5.43 Å². The molecule has 5 heteroatoms. The Kier molecular flexibility index (Phi) is 5.37. The highest BCUT2D eigenvalue weighted by molar-refractivity contribution is 14.1. The van der Waals surface area contributed by atoms with Crippen molar-refractivity contribution in [2.75, 3.05) is 0 Å². The van der Waals surface area contributed by atoms with Crippen LogP contribution in [-0.2, 0) is 17.8 Å². The molecule has 2 rings (SSSR count). The van der Waals surface area contributed by atoms with Crippen molar-refractivity contribution in [1.29, 1.82) is 0 Å². The molecule has 20 heavy (non-hydrogen) atoms. The molecule has 2 aromatic carbocycles. The molecule has 0 atom stereocenters. The van der Waals surface area contributed by atoms with Crippen molar-refractivity contribution in [2.24, 2.45) is 5.84 Å². The topological polar surface area (TPSA) is 64.3 Å². The Hall–Kier alpha value is -1.60. The summed E-state index contributed by atoms with van der Waals surface area (Å²) >= 11 is 2.26. The highest BCUT2D eigenvalue weighted by Crippen LogP contribution is 2.15. The van der Waals surface area contributed by atoms with Crippen LogP contribution in [0, 0.1) is 3.57 Å². The maximum absolute atomic E-state index is 11.1. The van der Waals surface area contributed by atoms with Crippen LogP contribution >= 0.6 is 22.6 Å². The molecule has 0 unspecified atom stereocenters. The Morgan fingerprint density at radius 2 is 1.65 bits per heavy atom. The third-order valence-electron chi connectivity index (χ3n) is 2.77. The smallest absolute Gasteiger partial charge is 0.238 e. The van der Waals surface area contributed by atoms with Gasteiger partial charge in [0, 0.05) is 3.57 Å². The lowest BCUT2D eigenvalue weighted by Gasteiger charge is -2.07. The van der Waals surface area contributed by atoms with Crippen LogP contribution < -0.4 is 16.0 Å². The summed E-state index contributed by atoms with van der Waals surface area (Å²) in [5.74, 6) is 5.70. The van der Waals surface area contributed by atoms with E-state index < -0.39 is 0 Å². The number of carbonyl (C=O) groups is 1. The number of halogens is 1. The van der Waals surface area contributed by atoms with Gasteiger partial charge in [-0.3, -0.25) is 10.2 Å². The van der Waals surface area contributed by atoms with Gasteiger partial charge in [-0.15, -0.1) is 0 Å². The van der Waals surface area contributed by atoms with Crippen LogP contribution in [0.2, 0.25) is 0 Å². The number of nitrogens with one attached hydrogen (secondary N) is 1. The van der Waals surface area contributed by atoms with Crippen molar-refractivity contribution in [3.05, 3.63) is 63.2 Å². The number of amides is 1. The van der Waals surface area contributed by atoms with Gasteiger partial charge in [-0.1, -0.05) is 24.3 Å². The van der Waals surface area contributed by atoms with Crippen LogP contribution in [0.3, 0.4) is 0 Å². The summed E-state index contributed by atoms with van der Waals surface area (Å²) in [7, 11) is 0. The summed E-state index contributed by atoms with van der Waals surface area (Å²) in [5.41, 5.74) is 4.09. The molecule has 0 aromatic heterocycles. The molecule has 2 aromatic rings. The van der Waals surface area contributed by atoms with E-state index in [0.717, 1.165) is 16.9 Å². The zero-order valence-corrected chi connectivity index (χ0v) is 13.0. The first-order chi connectivity index (χ1) is 9.67. The van der Waals surface area contributed by atoms with Crippen LogP contribution in [0.4, 0.5) is 0 Å². The van der Waals surface area contributed by atoms with Gasteiger partial charge >= 0.3 is 0 Å². The van der Waals surface area contributed by atoms with E-state index in [1.165, 1.54) is 3.57 Å². The van der Waals surface area contributed by atoms with Crippen LogP contribution in [0.15, 0.2) is 48.5 Å². The van der Waals surface area contributed by atoms with Crippen molar-refractivity contribution >= 4 is 28.5 Å². The molecule has 0 bridgehead atoms. The second kappa shape index (κ2) is 7.25. The molecule has 104 valence electrons. The molecule has 0 aliphatic carbocycles. The van der Waals surface area contributed by atoms with Crippen LogP contribution in [0.5, 0.6) is 5.75 Å². The predicted octanol–water partition coefficient (Wildman–Crippen LogP) is 2.40. The first-order valence-electron chi connectivity index (χ1n) is 6.13. The molecule has 0 saturated carbocycles. The molecule has 0 aliphatic rings. The molecule has 0 aliphatic heterocycles. The minimum absolute atomic E-state index is 0.201. The molecule has 1 amide bonds. The molecule has 0 radical (unpaired) electrons. The summed E-state index contributed by atoms with van der Waals surface area (Å²) in [6, 6.07) is 15.6. The summed E-state index contributed by atoms with van der Waals surface area (Å²) in [6.07, 6.45) is 0.286. The van der Waals surface area contributed by atoms with E-state index >= 15 is 0 Å². The van der Waals surface area contributed by atoms with Crippen LogP contribution in [-0.4, -0.2) is 5.91 Å². The molecule has 0 fully saturated rings. The lowest BCUT2D eigenvalue weighted by molar-refractivity contribution is -0.120. The molecule has 0 heterocycles. The van der Waals surface area contributed by atoms with E-state index in [1.807, 2.05) is 48.5 Å². The van der Waals surface area contributed by atoms with Crippen LogP contribution in [0.25, 0.3) is 0 Å². The van der Waals surface area contributed by atoms with E-state index in [1.54, 1.807) is 0 Å². The minimum atomic E-state index is -0.201. The highest BCUT2D eigenvalue weighted by atomic mass is 127. The van der Waals surface area contributed by atoms with Gasteiger partial charge in [0.2, 0.25) is 5.91 Å². The van der Waals surface area contributed by atoms with Crippen molar-refractivity contribution in [3.8, 4) is 5.75 Å². The van der Waals surface area contributed by atoms with Crippen molar-refractivity contribution in [3.63, 3.8) is 0 Å². The monoisotopic (exact) mass is 382 g/mol. The maximum atomic E-state index is 11.1. The largest absolute Gasteiger partial charge is 0.489 e. The summed E-state index contributed by atoms with van der Waals surface area (Å²) in [4.78, 5) is 11.1. The van der Waals surface area contributed by atoms with E-state index in [-0.39, 0.29) is 12.3 Å². The van der Waals surface area contributed by atoms with Crippen molar-refractivity contribution < 1.29 is 9.53 Å². The van der Waals surface area contributed by atoms with E-state index in [9.17, 15) is 4.79 Å². The molecule has 3 N–H and O–H groups in total. The number of hydrazine groups is 1. The molecule has 4 nitrogen and oxygen atoms in total. The van der Waals surface area contributed by atoms with E-state index in [2.05, 4.69) is 28.0 Å². The quantitative estimate of drug-likeness (QED) is 0.361. The highest BCUT2D eigenvalue weighted by Gasteiger charge is 2.01. The Morgan fingerprint density at radius 3 is 2.25 bits per heavy atom. The standard InChI is InChI=1S/C15H15IN2O2/c16-13-5-7-14(8-6-13)20-10-12-3-1-11(2-4-12)9-15(19)18-17/h1-8H,9-10,17H2,(H,18,19). The Bertz CT molecular complexity index is 567. The normalized spacial score (nSPS) is 10.1. The Labute approximate surface area is 131 Å². The third kappa shape index (κ3) is 4.50. The van der Waals surface area contributed by atoms with Gasteiger partial charge in [-0.25, -0.2) is 5.84 Å². The van der Waals surface area contributed by atoms with Gasteiger partial charge in [0.1, 0.15) is 12.4 Å². The number of benzene rings is 2. The zero-order valence-electron chi connectivity index (χ0n) is 10.8. The third-order valence-corrected chi connectivity index (χ3v) is 3.49. The zero-order chi connectivity index (χ0) is 14.4. The molecule has 0 spiro atoms. The number of carbonyl (C=O) groups excluding carboxylic acids is 1. The number of hydrogen-bond donors (Lipinski definition) is 2. The lowest BCUT2D eigenvalue weighted by atomic mass is 10.1. The fraction of sp³-hybridized carbons (Fsp3) is 0.133. The average molecular weight is 382 g/mol. The SMILES string of the molecule is NNC(=O)Cc1ccc(COc2ccc(I)cc2)cc1. The summed E-state index contributed by atoms with van der Waals surface area (Å²) in [6.45, 7) is 0.504. The van der Waals surface area contributed by atoms with Gasteiger partial charge in [0.05, 0.1) is 6.42 Å². The first kappa shape index (κ1) is 14.8. The second-order valence-corrected chi connectivity index (χ2v) is 5.55. The molecular formula is C15H15IN2O2. The average Bonchev–Trinajstić information content (AvgIpc) is 2.48. The Morgan fingerprint density at radius 1 is 1.05 bits per heavy atom. The maximum Gasteiger partial charge on any atom is 0.238 e. The summed E-state index contributed by atoms with van der Waals surface area (Å²) < 4.78 is 6.86. The Balaban J connectivity index is 1.90. The van der Waals surface area contributed by atoms with Gasteiger partial charge in [0.25, 0.3) is 0 Å². The second-order valence-electron chi connectivity index (χ2n) is 4.30. The van der Waals surface area contributed by atoms with E-state index in [0.29, 0.717) is 6.61 Å². The van der Waals surface area contributed by atoms with Gasteiger partial charge < -0.3 is 4.74 Å². The number of ether oxygens (including phenoxy) is 1. The van der Waals surface area contributed by atoms with Crippen LogP contribution in [0.1, 0.15) is 11.1 Å². The number of nitrogens with two attached hydrogens (primary N) is 1. The van der Waals surface area contributed by atoms with E-state index in [4.69, 9.17) is 10.6 Å². The first-order valence-corrected chi connectivity index (χ1v) is 7.21. The predicted molar refractivity (Wildman–Crippen MR) is 86.0 cm³/mol. The molecule has 0 saturated heterocycles. The van der Waals surface area contributed by atoms with Gasteiger partial charge in [-0.05, 0) is 58.0 Å². The van der Waals surface area contributed by atoms with Crippen molar-refractivity contribution in [2.45, 2.75) is 13.0 Å². The lowest BCUT2D eigenvalue weighted by Crippen LogP contribution is -2.31.